The molecule has 0 saturated heterocycles. The maximum absolute atomic E-state index is 2.53. The van der Waals surface area contributed by atoms with Gasteiger partial charge in [0.25, 0.3) is 0 Å². The number of aromatic nitrogens is 1. The van der Waals surface area contributed by atoms with Crippen LogP contribution in [-0.2, 0) is 11.8 Å². The maximum Gasteiger partial charge on any atom is 0.0714 e. The van der Waals surface area contributed by atoms with Crippen molar-refractivity contribution in [3.63, 3.8) is 0 Å². The molecule has 1 aromatic heterocycles. The molecule has 12 aromatic rings. The van der Waals surface area contributed by atoms with E-state index < -0.39 is 5.41 Å². The number of hydrogen-bond donors (Lipinski definition) is 0. The molecule has 350 valence electrons. The molecule has 0 radical (unpaired) electrons. The zero-order valence-electron chi connectivity index (χ0n) is 41.2. The van der Waals surface area contributed by atoms with E-state index in [2.05, 4.69) is 276 Å². The monoisotopic (exact) mass is 952 g/mol. The number of para-hydroxylation sites is 1. The van der Waals surface area contributed by atoms with Gasteiger partial charge in [0.05, 0.1) is 22.1 Å². The number of hydrogen-bond acceptors (Lipinski definition) is 1. The highest BCUT2D eigenvalue weighted by atomic mass is 15.1. The number of fused-ring (bicyclic) bond motifs is 13. The summed E-state index contributed by atoms with van der Waals surface area (Å²) in [5, 5.41) is 2.45. The fraction of sp³-hybridized carbons (Fsp3) is 0.0411. The highest BCUT2D eigenvalue weighted by molar-refractivity contribution is 6.19. The molecule has 0 unspecified atom stereocenters. The molecule has 4 aliphatic rings. The van der Waals surface area contributed by atoms with Crippen molar-refractivity contribution in [3.8, 4) is 39.1 Å². The Morgan fingerprint density at radius 1 is 0.347 bits per heavy atom. The fourth-order valence-electron chi connectivity index (χ4n) is 13.8. The summed E-state index contributed by atoms with van der Waals surface area (Å²) in [4.78, 5) is 2.53. The van der Waals surface area contributed by atoms with Gasteiger partial charge in [0.1, 0.15) is 0 Å². The van der Waals surface area contributed by atoms with Crippen LogP contribution in [0.1, 0.15) is 62.1 Å². The minimum absolute atomic E-state index is 0.558. The Hall–Kier alpha value is -9.50. The van der Waals surface area contributed by atoms with Crippen molar-refractivity contribution in [1.29, 1.82) is 0 Å². The first-order valence-corrected chi connectivity index (χ1v) is 26.4. The molecule has 11 aromatic carbocycles. The number of aryl methyl sites for hydroxylation is 1. The molecule has 75 heavy (non-hydrogen) atoms. The SMILES string of the molecule is C1=Cc2c(cccc2-n2c3ccccc3c3cc(N(c4ccc5c(c4)C(=C4c6ccccc6-c6ccccc64)c4ccccc4-5)c4ccc5c(c4)C(c4ccccc4)(c4ccccc4)c4ccccc4-5)ccc32)CC1. The van der Waals surface area contributed by atoms with Gasteiger partial charge in [-0.25, -0.2) is 0 Å². The summed E-state index contributed by atoms with van der Waals surface area (Å²) in [6, 6.07) is 95.8. The smallest absolute Gasteiger partial charge is 0.0714 e. The van der Waals surface area contributed by atoms with E-state index in [9.17, 15) is 0 Å². The third kappa shape index (κ3) is 5.97. The van der Waals surface area contributed by atoms with Gasteiger partial charge in [-0.1, -0.05) is 212 Å². The largest absolute Gasteiger partial charge is 0.310 e. The van der Waals surface area contributed by atoms with Crippen LogP contribution in [0, 0.1) is 0 Å². The number of rotatable bonds is 6. The number of benzene rings is 11. The number of nitrogens with zero attached hydrogens (tertiary/aromatic N) is 2. The normalized spacial score (nSPS) is 14.0. The van der Waals surface area contributed by atoms with Gasteiger partial charge in [0.15, 0.2) is 0 Å². The molecule has 0 spiro atoms. The van der Waals surface area contributed by atoms with Crippen LogP contribution >= 0.6 is 0 Å². The molecular weight excluding hydrogens is 905 g/mol. The molecular formula is C73H48N2. The predicted octanol–water partition coefficient (Wildman–Crippen LogP) is 18.5. The first-order chi connectivity index (χ1) is 37.2. The lowest BCUT2D eigenvalue weighted by Gasteiger charge is -2.35. The van der Waals surface area contributed by atoms with Gasteiger partial charge in [-0.05, 0) is 162 Å². The van der Waals surface area contributed by atoms with E-state index in [0.717, 1.165) is 29.9 Å². The molecule has 1 heterocycles. The van der Waals surface area contributed by atoms with Gasteiger partial charge >= 0.3 is 0 Å². The molecule has 0 aliphatic heterocycles. The van der Waals surface area contributed by atoms with Crippen LogP contribution in [-0.4, -0.2) is 4.57 Å². The second kappa shape index (κ2) is 16.3. The van der Waals surface area contributed by atoms with E-state index in [4.69, 9.17) is 0 Å². The summed E-state index contributed by atoms with van der Waals surface area (Å²) in [6.45, 7) is 0. The van der Waals surface area contributed by atoms with Crippen molar-refractivity contribution in [2.75, 3.05) is 4.90 Å². The van der Waals surface area contributed by atoms with Crippen LogP contribution < -0.4 is 4.90 Å². The second-order valence-corrected chi connectivity index (χ2v) is 20.6. The molecule has 16 rings (SSSR count). The van der Waals surface area contributed by atoms with Gasteiger partial charge in [0, 0.05) is 33.4 Å². The first-order valence-electron chi connectivity index (χ1n) is 26.4. The van der Waals surface area contributed by atoms with Crippen LogP contribution in [0.4, 0.5) is 17.1 Å². The molecule has 0 saturated carbocycles. The van der Waals surface area contributed by atoms with E-state index in [0.29, 0.717) is 0 Å². The van der Waals surface area contributed by atoms with Crippen LogP contribution in [0.5, 0.6) is 0 Å². The zero-order chi connectivity index (χ0) is 49.2. The summed E-state index contributed by atoms with van der Waals surface area (Å²) in [5.41, 5.74) is 29.5. The Labute approximate surface area is 437 Å². The highest BCUT2D eigenvalue weighted by Gasteiger charge is 2.46. The van der Waals surface area contributed by atoms with Gasteiger partial charge in [0.2, 0.25) is 0 Å². The third-order valence-electron chi connectivity index (χ3n) is 16.8. The minimum Gasteiger partial charge on any atom is -0.310 e. The maximum atomic E-state index is 2.53. The van der Waals surface area contributed by atoms with Crippen LogP contribution in [0.15, 0.2) is 261 Å². The summed E-state index contributed by atoms with van der Waals surface area (Å²) >= 11 is 0. The second-order valence-electron chi connectivity index (χ2n) is 20.6. The van der Waals surface area contributed by atoms with E-state index in [-0.39, 0.29) is 0 Å². The van der Waals surface area contributed by atoms with E-state index >= 15 is 0 Å². The van der Waals surface area contributed by atoms with Gasteiger partial charge in [-0.15, -0.1) is 0 Å². The molecule has 0 N–H and O–H groups in total. The van der Waals surface area contributed by atoms with Gasteiger partial charge < -0.3 is 9.47 Å². The molecule has 0 bridgehead atoms. The van der Waals surface area contributed by atoms with Crippen molar-refractivity contribution in [2.45, 2.75) is 18.3 Å². The van der Waals surface area contributed by atoms with Crippen LogP contribution in [0.25, 0.3) is 78.1 Å². The first kappa shape index (κ1) is 42.1. The summed E-state index contributed by atoms with van der Waals surface area (Å²) in [6.07, 6.45) is 6.79. The molecule has 0 atom stereocenters. The summed E-state index contributed by atoms with van der Waals surface area (Å²) in [7, 11) is 0. The number of anilines is 3. The van der Waals surface area contributed by atoms with Crippen LogP contribution in [0.3, 0.4) is 0 Å². The molecule has 4 aliphatic carbocycles. The summed E-state index contributed by atoms with van der Waals surface area (Å²) in [5.74, 6) is 0. The Morgan fingerprint density at radius 2 is 0.853 bits per heavy atom. The quantitative estimate of drug-likeness (QED) is 0.161. The molecule has 0 amide bonds. The molecule has 2 heteroatoms. The highest BCUT2D eigenvalue weighted by Crippen LogP contribution is 2.59. The molecule has 0 fully saturated rings. The van der Waals surface area contributed by atoms with Crippen molar-refractivity contribution >= 4 is 56.1 Å². The average Bonchev–Trinajstić information content (AvgIpc) is 4.29. The van der Waals surface area contributed by atoms with Gasteiger partial charge in [-0.2, -0.15) is 0 Å². The molecule has 2 nitrogen and oxygen atoms in total. The van der Waals surface area contributed by atoms with E-state index in [1.165, 1.54) is 128 Å². The van der Waals surface area contributed by atoms with Crippen molar-refractivity contribution in [3.05, 3.63) is 316 Å². The Kier molecular flexibility index (Phi) is 9.11. The van der Waals surface area contributed by atoms with Crippen molar-refractivity contribution in [2.24, 2.45) is 0 Å². The number of allylic oxidation sites excluding steroid dienone is 1. The minimum atomic E-state index is -0.558. The van der Waals surface area contributed by atoms with E-state index in [1.54, 1.807) is 0 Å². The Balaban J connectivity index is 0.978. The summed E-state index contributed by atoms with van der Waals surface area (Å²) < 4.78 is 2.50. The van der Waals surface area contributed by atoms with E-state index in [1.807, 2.05) is 0 Å². The van der Waals surface area contributed by atoms with Crippen molar-refractivity contribution < 1.29 is 0 Å². The lowest BCUT2D eigenvalue weighted by Crippen LogP contribution is -2.28. The topological polar surface area (TPSA) is 8.17 Å². The average molecular weight is 953 g/mol. The Morgan fingerprint density at radius 3 is 1.55 bits per heavy atom. The van der Waals surface area contributed by atoms with Crippen LogP contribution in [0.2, 0.25) is 0 Å². The third-order valence-corrected chi connectivity index (χ3v) is 16.8. The lowest BCUT2D eigenvalue weighted by atomic mass is 9.67. The predicted molar refractivity (Wildman–Crippen MR) is 312 cm³/mol. The zero-order valence-corrected chi connectivity index (χ0v) is 41.2. The van der Waals surface area contributed by atoms with Gasteiger partial charge in [-0.3, -0.25) is 0 Å². The Bertz CT molecular complexity index is 4330. The van der Waals surface area contributed by atoms with Crippen molar-refractivity contribution in [1.82, 2.24) is 4.57 Å². The lowest BCUT2D eigenvalue weighted by molar-refractivity contribution is 0.768. The fourth-order valence-corrected chi connectivity index (χ4v) is 13.8. The standard InChI is InChI=1S/C73H48N2/c1-3-22-48(23-4-1)73(49-24-5-2-6-25-49)66-35-17-15-30-58(66)59-42-39-52(46-67(59)73)74(51-40-43-70-64(44-51)60-31-16-18-36-69(60)75(70)68-37-19-21-47-20-7-8-26-53(47)68)50-38-41-57-56-29-11-14-34-63(56)72(65(57)45-50)71-61-32-12-9-27-54(61)55-28-10-13-33-62(55)71/h1-6,8-19,21-46H,7,20H2.